The molecule has 3 aliphatic rings. The average molecular weight is 1010 g/mol. The van der Waals surface area contributed by atoms with Gasteiger partial charge in [0.2, 0.25) is 0 Å². The molecule has 2 aromatic heterocycles. The van der Waals surface area contributed by atoms with Crippen LogP contribution >= 0.6 is 0 Å². The second-order valence-electron chi connectivity index (χ2n) is 24.0. The molecule has 0 spiro atoms. The third kappa shape index (κ3) is 7.06. The standard InChI is InChI=1S/C73H59BN2O2/c1-44-23-11-8-16-28-47-37-60-66-68-64(43-59-53-31-20-22-34-65(53)78-71(59)66)75(50-39-48(72(2,3)4)38-49(40-50)73(5,6)7)63-42-58-56(36-46-26-14-10-15-27-46)52-30-18-17-29-51(52)55(35-45-24-12-9-13-25-45)57(58)41-61(63)74(68)76-62-33-21-19-32-54(62)67(69(60)76)70(47)77-44/h8-27,29-34,37-43H,1,28,35-36H2,2-7H3/b16-8-,23-11-. The summed E-state index contributed by atoms with van der Waals surface area (Å²) in [5.74, 6) is 1.47. The second-order valence-corrected chi connectivity index (χ2v) is 24.0. The van der Waals surface area contributed by atoms with Gasteiger partial charge in [-0.3, -0.25) is 0 Å². The van der Waals surface area contributed by atoms with E-state index in [-0.39, 0.29) is 17.7 Å². The molecule has 0 amide bonds. The predicted octanol–water partition coefficient (Wildman–Crippen LogP) is 17.8. The van der Waals surface area contributed by atoms with Crippen molar-refractivity contribution in [3.05, 3.63) is 252 Å². The molecule has 0 fully saturated rings. The number of aromatic nitrogens is 1. The molecule has 3 aliphatic heterocycles. The van der Waals surface area contributed by atoms with Gasteiger partial charge in [0.1, 0.15) is 22.7 Å². The highest BCUT2D eigenvalue weighted by Crippen LogP contribution is 2.53. The van der Waals surface area contributed by atoms with E-state index >= 15 is 0 Å². The number of fused-ring (bicyclic) bond motifs is 15. The van der Waals surface area contributed by atoms with Crippen molar-refractivity contribution in [1.82, 2.24) is 4.48 Å². The van der Waals surface area contributed by atoms with Crippen molar-refractivity contribution in [2.45, 2.75) is 71.6 Å². The first-order valence-corrected chi connectivity index (χ1v) is 27.7. The highest BCUT2D eigenvalue weighted by molar-refractivity contribution is 6.90. The molecule has 4 nitrogen and oxygen atoms in total. The SMILES string of the molecule is C=C1/C=C\C=C/Cc2cc3c4c(c2O1)c1ccccc1n4B1c2cc4c(Cc5ccccc5)c5ccccc5c(Cc5ccccc5)c4cc2N(c2cc(C(C)(C)C)cc(C(C)(C)C)c2)c2cc4c(oc5ccccc54)c-3c21. The van der Waals surface area contributed by atoms with Crippen LogP contribution in [0.3, 0.4) is 0 Å². The van der Waals surface area contributed by atoms with Gasteiger partial charge in [0.15, 0.2) is 0 Å². The van der Waals surface area contributed by atoms with E-state index in [1.54, 1.807) is 0 Å². The van der Waals surface area contributed by atoms with Crippen LogP contribution in [0.15, 0.2) is 217 Å². The van der Waals surface area contributed by atoms with Crippen LogP contribution in [-0.2, 0) is 30.1 Å². The van der Waals surface area contributed by atoms with Crippen molar-refractivity contribution in [2.24, 2.45) is 0 Å². The number of anilines is 3. The zero-order valence-corrected chi connectivity index (χ0v) is 45.2. The Morgan fingerprint density at radius 2 is 1.15 bits per heavy atom. The fraction of sp³-hybridized carbons (Fsp3) is 0.151. The van der Waals surface area contributed by atoms with Crippen molar-refractivity contribution >= 4 is 100 Å². The second kappa shape index (κ2) is 17.1. The lowest BCUT2D eigenvalue weighted by molar-refractivity contribution is 0.448. The molecule has 0 bridgehead atoms. The maximum absolute atomic E-state index is 7.30. The van der Waals surface area contributed by atoms with Crippen LogP contribution in [0.25, 0.3) is 76.4 Å². The lowest BCUT2D eigenvalue weighted by Gasteiger charge is -2.41. The molecule has 0 saturated heterocycles. The number of hydrogen-bond acceptors (Lipinski definition) is 3. The monoisotopic (exact) mass is 1010 g/mol. The summed E-state index contributed by atoms with van der Waals surface area (Å²) in [6.07, 6.45) is 10.6. The highest BCUT2D eigenvalue weighted by atomic mass is 16.5. The number of hydrogen-bond donors (Lipinski definition) is 0. The van der Waals surface area contributed by atoms with E-state index in [0.29, 0.717) is 12.2 Å². The fourth-order valence-electron chi connectivity index (χ4n) is 13.4. The smallest absolute Gasteiger partial charge is 0.333 e. The van der Waals surface area contributed by atoms with E-state index in [4.69, 9.17) is 9.15 Å². The minimum atomic E-state index is -0.267. The van der Waals surface area contributed by atoms with Crippen LogP contribution in [0.5, 0.6) is 5.75 Å². The van der Waals surface area contributed by atoms with Gasteiger partial charge < -0.3 is 18.5 Å². The van der Waals surface area contributed by atoms with Crippen LogP contribution in [0.2, 0.25) is 0 Å². The number of ether oxygens (including phenoxy) is 1. The van der Waals surface area contributed by atoms with Crippen molar-refractivity contribution in [3.63, 3.8) is 0 Å². The molecule has 0 atom stereocenters. The molecule has 5 heteroatoms. The molecular weight excluding hydrogens is 948 g/mol. The maximum Gasteiger partial charge on any atom is 0.333 e. The molecule has 376 valence electrons. The van der Waals surface area contributed by atoms with Crippen LogP contribution < -0.4 is 20.6 Å². The normalized spacial score (nSPS) is 14.9. The van der Waals surface area contributed by atoms with Gasteiger partial charge in [-0.1, -0.05) is 200 Å². The first-order chi connectivity index (χ1) is 37.9. The fourth-order valence-corrected chi connectivity index (χ4v) is 13.4. The van der Waals surface area contributed by atoms with E-state index in [1.165, 1.54) is 71.5 Å². The molecule has 15 rings (SSSR count). The van der Waals surface area contributed by atoms with Gasteiger partial charge in [-0.15, -0.1) is 0 Å². The zero-order chi connectivity index (χ0) is 52.8. The Hall–Kier alpha value is -8.80. The number of rotatable bonds is 5. The summed E-state index contributed by atoms with van der Waals surface area (Å²) in [5, 5.41) is 9.60. The van der Waals surface area contributed by atoms with Crippen molar-refractivity contribution in [2.75, 3.05) is 4.90 Å². The lowest BCUT2D eigenvalue weighted by Crippen LogP contribution is -2.56. The largest absolute Gasteiger partial charge is 0.457 e. The summed E-state index contributed by atoms with van der Waals surface area (Å²) in [5.41, 5.74) is 21.1. The molecule has 0 N–H and O–H groups in total. The summed E-state index contributed by atoms with van der Waals surface area (Å²) in [7, 11) is 0. The maximum atomic E-state index is 7.30. The molecule has 0 aliphatic carbocycles. The van der Waals surface area contributed by atoms with E-state index in [1.807, 2.05) is 12.2 Å². The Morgan fingerprint density at radius 1 is 0.564 bits per heavy atom. The molecule has 0 unspecified atom stereocenters. The summed E-state index contributed by atoms with van der Waals surface area (Å²) < 4.78 is 17.0. The first-order valence-electron chi connectivity index (χ1n) is 27.7. The van der Waals surface area contributed by atoms with Crippen molar-refractivity contribution in [3.8, 4) is 16.9 Å². The number of benzene rings is 10. The quantitative estimate of drug-likeness (QED) is 0.127. The topological polar surface area (TPSA) is 30.5 Å². The van der Waals surface area contributed by atoms with Crippen LogP contribution in [-0.4, -0.2) is 11.3 Å². The molecule has 12 aromatic rings. The summed E-state index contributed by atoms with van der Waals surface area (Å²) in [4.78, 5) is 2.65. The Kier molecular flexibility index (Phi) is 10.2. The van der Waals surface area contributed by atoms with Crippen LogP contribution in [0.1, 0.15) is 80.5 Å². The van der Waals surface area contributed by atoms with E-state index < -0.39 is 0 Å². The highest BCUT2D eigenvalue weighted by Gasteiger charge is 2.46. The average Bonchev–Trinajstić information content (AvgIpc) is 3.64. The lowest BCUT2D eigenvalue weighted by atomic mass is 9.44. The predicted molar refractivity (Wildman–Crippen MR) is 330 cm³/mol. The van der Waals surface area contributed by atoms with Crippen molar-refractivity contribution in [1.29, 1.82) is 0 Å². The van der Waals surface area contributed by atoms with Gasteiger partial charge in [0.25, 0.3) is 0 Å². The van der Waals surface area contributed by atoms with Gasteiger partial charge in [-0.2, -0.15) is 0 Å². The number of furan rings is 1. The number of nitrogens with zero attached hydrogens (tertiary/aromatic N) is 2. The summed E-state index contributed by atoms with van der Waals surface area (Å²) in [6, 6.07) is 66.4. The molecule has 5 heterocycles. The van der Waals surface area contributed by atoms with E-state index in [0.717, 1.165) is 90.4 Å². The Labute approximate surface area is 456 Å². The third-order valence-corrected chi connectivity index (χ3v) is 17.1. The van der Waals surface area contributed by atoms with Crippen LogP contribution in [0.4, 0.5) is 17.1 Å². The summed E-state index contributed by atoms with van der Waals surface area (Å²) in [6.45, 7) is 18.3. The molecule has 10 aromatic carbocycles. The van der Waals surface area contributed by atoms with Gasteiger partial charge in [0.05, 0.1) is 0 Å². The van der Waals surface area contributed by atoms with Gasteiger partial charge in [-0.05, 0) is 150 Å². The zero-order valence-electron chi connectivity index (χ0n) is 45.2. The molecule has 78 heavy (non-hydrogen) atoms. The molecular formula is C73H59BN2O2. The van der Waals surface area contributed by atoms with Crippen molar-refractivity contribution < 1.29 is 9.15 Å². The Morgan fingerprint density at radius 3 is 1.82 bits per heavy atom. The number of para-hydroxylation sites is 2. The third-order valence-electron chi connectivity index (χ3n) is 17.1. The van der Waals surface area contributed by atoms with Gasteiger partial charge >= 0.3 is 6.85 Å². The minimum absolute atomic E-state index is 0.125. The first kappa shape index (κ1) is 46.5. The van der Waals surface area contributed by atoms with E-state index in [2.05, 4.69) is 246 Å². The van der Waals surface area contributed by atoms with Gasteiger partial charge in [-0.25, -0.2) is 0 Å². The number of allylic oxidation sites excluding steroid dienone is 4. The molecule has 0 radical (unpaired) electrons. The summed E-state index contributed by atoms with van der Waals surface area (Å²) >= 11 is 0. The van der Waals surface area contributed by atoms with Crippen LogP contribution in [0, 0.1) is 0 Å². The Bertz CT molecular complexity index is 4560. The Balaban J connectivity index is 1.17. The molecule has 0 saturated carbocycles. The minimum Gasteiger partial charge on any atom is -0.457 e. The van der Waals surface area contributed by atoms with E-state index in [9.17, 15) is 0 Å². The van der Waals surface area contributed by atoms with Gasteiger partial charge in [0, 0.05) is 60.8 Å².